The molecule has 2 aromatic carbocycles. The molecule has 2 heterocycles. The van der Waals surface area contributed by atoms with Gasteiger partial charge in [-0.15, -0.1) is 0 Å². The van der Waals surface area contributed by atoms with Crippen molar-refractivity contribution in [2.45, 2.75) is 26.7 Å². The van der Waals surface area contributed by atoms with E-state index in [4.69, 9.17) is 4.74 Å². The Kier molecular flexibility index (Phi) is 5.48. The summed E-state index contributed by atoms with van der Waals surface area (Å²) in [6.07, 6.45) is 1.56. The average molecular weight is 403 g/mol. The fourth-order valence-corrected chi connectivity index (χ4v) is 3.99. The van der Waals surface area contributed by atoms with Crippen molar-refractivity contribution >= 4 is 22.7 Å². The quantitative estimate of drug-likeness (QED) is 0.616. The van der Waals surface area contributed by atoms with Crippen LogP contribution >= 0.6 is 0 Å². The van der Waals surface area contributed by atoms with Gasteiger partial charge in [0, 0.05) is 24.6 Å². The first kappa shape index (κ1) is 20.0. The van der Waals surface area contributed by atoms with Crippen molar-refractivity contribution in [1.29, 1.82) is 0 Å². The first-order valence-corrected chi connectivity index (χ1v) is 10.2. The number of aromatic nitrogens is 2. The molecule has 0 bridgehead atoms. The highest BCUT2D eigenvalue weighted by molar-refractivity contribution is 6.01. The van der Waals surface area contributed by atoms with Crippen LogP contribution in [-0.2, 0) is 0 Å². The number of Topliss-reactive ketones (excluding diaryl/α,β-unsaturated/α-hetero) is 1. The number of rotatable bonds is 4. The monoisotopic (exact) mass is 403 g/mol. The number of ketones is 1. The maximum atomic E-state index is 13.2. The first-order valence-electron chi connectivity index (χ1n) is 10.2. The van der Waals surface area contributed by atoms with E-state index in [0.29, 0.717) is 35.5 Å². The molecule has 1 atom stereocenters. The second-order valence-electron chi connectivity index (χ2n) is 7.75. The number of aryl methyl sites for hydroxylation is 2. The zero-order valence-corrected chi connectivity index (χ0v) is 17.5. The third-order valence-corrected chi connectivity index (χ3v) is 5.77. The highest BCUT2D eigenvalue weighted by Crippen LogP contribution is 2.27. The molecule has 0 N–H and O–H groups in total. The molecule has 1 aliphatic rings. The molecule has 1 saturated heterocycles. The molecule has 3 aromatic rings. The number of carbonyl (C=O) groups excluding carboxylic acids is 2. The average Bonchev–Trinajstić information content (AvgIpc) is 2.78. The number of hydrogen-bond donors (Lipinski definition) is 0. The largest absolute Gasteiger partial charge is 0.496 e. The lowest BCUT2D eigenvalue weighted by Gasteiger charge is -2.32. The van der Waals surface area contributed by atoms with Crippen molar-refractivity contribution in [2.75, 3.05) is 20.2 Å². The van der Waals surface area contributed by atoms with Gasteiger partial charge in [-0.2, -0.15) is 0 Å². The number of benzene rings is 2. The van der Waals surface area contributed by atoms with Crippen LogP contribution in [0, 0.1) is 19.8 Å². The van der Waals surface area contributed by atoms with Crippen LogP contribution in [-0.4, -0.2) is 46.8 Å². The number of carbonyl (C=O) groups is 2. The number of likely N-dealkylation sites (tertiary alicyclic amines) is 1. The van der Waals surface area contributed by atoms with Crippen molar-refractivity contribution in [3.63, 3.8) is 0 Å². The van der Waals surface area contributed by atoms with Gasteiger partial charge in [0.25, 0.3) is 5.91 Å². The second kappa shape index (κ2) is 8.22. The Balaban J connectivity index is 1.55. The molecule has 30 heavy (non-hydrogen) atoms. The summed E-state index contributed by atoms with van der Waals surface area (Å²) in [6.45, 7) is 4.89. The van der Waals surface area contributed by atoms with Crippen molar-refractivity contribution < 1.29 is 14.3 Å². The lowest BCUT2D eigenvalue weighted by Crippen LogP contribution is -2.42. The van der Waals surface area contributed by atoms with Crippen molar-refractivity contribution in [3.8, 4) is 5.75 Å². The Labute approximate surface area is 175 Å². The maximum Gasteiger partial charge on any atom is 0.253 e. The minimum Gasteiger partial charge on any atom is -0.496 e. The second-order valence-corrected chi connectivity index (χ2v) is 7.75. The lowest BCUT2D eigenvalue weighted by atomic mass is 9.89. The first-order chi connectivity index (χ1) is 14.5. The number of methoxy groups -OCH3 is 1. The van der Waals surface area contributed by atoms with Crippen molar-refractivity contribution in [1.82, 2.24) is 14.9 Å². The maximum absolute atomic E-state index is 13.2. The molecule has 6 nitrogen and oxygen atoms in total. The highest BCUT2D eigenvalue weighted by atomic mass is 16.5. The van der Waals surface area contributed by atoms with E-state index < -0.39 is 0 Å². The molecule has 1 amide bonds. The summed E-state index contributed by atoms with van der Waals surface area (Å²) in [5.41, 5.74) is 4.37. The predicted molar refractivity (Wildman–Crippen MR) is 115 cm³/mol. The minimum atomic E-state index is -0.232. The van der Waals surface area contributed by atoms with Gasteiger partial charge in [0.05, 0.1) is 35.1 Å². The van der Waals surface area contributed by atoms with Crippen LogP contribution in [0.4, 0.5) is 0 Å². The molecule has 0 aliphatic carbocycles. The zero-order chi connectivity index (χ0) is 21.3. The van der Waals surface area contributed by atoms with Crippen LogP contribution in [0.25, 0.3) is 11.0 Å². The number of piperidine rings is 1. The fourth-order valence-electron chi connectivity index (χ4n) is 3.99. The van der Waals surface area contributed by atoms with Gasteiger partial charge in [-0.3, -0.25) is 9.59 Å². The summed E-state index contributed by atoms with van der Waals surface area (Å²) in [6, 6.07) is 12.7. The predicted octanol–water partition coefficient (Wildman–Crippen LogP) is 3.99. The molecule has 1 aliphatic heterocycles. The van der Waals surface area contributed by atoms with E-state index in [-0.39, 0.29) is 17.6 Å². The Hall–Kier alpha value is -3.28. The van der Waals surface area contributed by atoms with Gasteiger partial charge in [0.15, 0.2) is 5.78 Å². The van der Waals surface area contributed by atoms with E-state index in [1.807, 2.05) is 32.0 Å². The number of nitrogens with zero attached hydrogens (tertiary/aromatic N) is 3. The number of amides is 1. The topological polar surface area (TPSA) is 72.4 Å². The number of fused-ring (bicyclic) bond motifs is 1. The molecule has 0 unspecified atom stereocenters. The third kappa shape index (κ3) is 3.77. The van der Waals surface area contributed by atoms with Gasteiger partial charge in [0.2, 0.25) is 0 Å². The number of ether oxygens (including phenoxy) is 1. The van der Waals surface area contributed by atoms with E-state index in [1.54, 1.807) is 36.3 Å². The van der Waals surface area contributed by atoms with Gasteiger partial charge in [-0.1, -0.05) is 12.1 Å². The molecule has 1 aromatic heterocycles. The number of para-hydroxylation sites is 1. The summed E-state index contributed by atoms with van der Waals surface area (Å²) in [4.78, 5) is 37.1. The zero-order valence-electron chi connectivity index (χ0n) is 17.5. The molecule has 0 spiro atoms. The lowest BCUT2D eigenvalue weighted by molar-refractivity contribution is 0.0636. The summed E-state index contributed by atoms with van der Waals surface area (Å²) in [7, 11) is 1.56. The number of hydrogen-bond acceptors (Lipinski definition) is 5. The Morgan fingerprint density at radius 2 is 1.77 bits per heavy atom. The molecule has 0 radical (unpaired) electrons. The van der Waals surface area contributed by atoms with E-state index in [2.05, 4.69) is 9.97 Å². The fraction of sp³-hybridized carbons (Fsp3) is 0.333. The molecule has 1 fully saturated rings. The van der Waals surface area contributed by atoms with E-state index in [1.165, 1.54) is 0 Å². The third-order valence-electron chi connectivity index (χ3n) is 5.77. The highest BCUT2D eigenvalue weighted by Gasteiger charge is 2.30. The van der Waals surface area contributed by atoms with E-state index in [0.717, 1.165) is 29.7 Å². The molecule has 154 valence electrons. The smallest absolute Gasteiger partial charge is 0.253 e. The van der Waals surface area contributed by atoms with Gasteiger partial charge >= 0.3 is 0 Å². The van der Waals surface area contributed by atoms with Crippen LogP contribution in [0.5, 0.6) is 5.75 Å². The van der Waals surface area contributed by atoms with Crippen LogP contribution < -0.4 is 4.74 Å². The van der Waals surface area contributed by atoms with Crippen molar-refractivity contribution in [3.05, 3.63) is 65.0 Å². The Morgan fingerprint density at radius 1 is 1.03 bits per heavy atom. The van der Waals surface area contributed by atoms with Gasteiger partial charge in [0.1, 0.15) is 5.75 Å². The minimum absolute atomic E-state index is 0.0282. The van der Waals surface area contributed by atoms with E-state index >= 15 is 0 Å². The summed E-state index contributed by atoms with van der Waals surface area (Å²) >= 11 is 0. The SMILES string of the molecule is COc1ccccc1C(=O)[C@@H]1CCCN(C(=O)c2ccc3nc(C)c(C)nc3c2)C1. The Bertz CT molecular complexity index is 1130. The molecule has 0 saturated carbocycles. The van der Waals surface area contributed by atoms with Gasteiger partial charge in [-0.05, 0) is 57.0 Å². The van der Waals surface area contributed by atoms with E-state index in [9.17, 15) is 9.59 Å². The van der Waals surface area contributed by atoms with Crippen LogP contribution in [0.15, 0.2) is 42.5 Å². The summed E-state index contributed by atoms with van der Waals surface area (Å²) in [5, 5.41) is 0. The van der Waals surface area contributed by atoms with Gasteiger partial charge < -0.3 is 9.64 Å². The summed E-state index contributed by atoms with van der Waals surface area (Å²) in [5.74, 6) is 0.295. The molecular formula is C24H25N3O3. The van der Waals surface area contributed by atoms with Crippen LogP contribution in [0.2, 0.25) is 0 Å². The molecule has 6 heteroatoms. The standard InChI is InChI=1S/C24H25N3O3/c1-15-16(2)26-21-13-17(10-11-20(21)25-15)24(29)27-12-6-7-18(14-27)23(28)19-8-4-5-9-22(19)30-3/h4-5,8-11,13,18H,6-7,12,14H2,1-3H3/t18-/m1/s1. The van der Waals surface area contributed by atoms with Crippen LogP contribution in [0.3, 0.4) is 0 Å². The van der Waals surface area contributed by atoms with Crippen molar-refractivity contribution in [2.24, 2.45) is 5.92 Å². The molecule has 4 rings (SSSR count). The normalized spacial score (nSPS) is 16.5. The van der Waals surface area contributed by atoms with Crippen LogP contribution in [0.1, 0.15) is 44.9 Å². The Morgan fingerprint density at radius 3 is 2.53 bits per heavy atom. The molecular weight excluding hydrogens is 378 g/mol. The van der Waals surface area contributed by atoms with Gasteiger partial charge in [-0.25, -0.2) is 9.97 Å². The summed E-state index contributed by atoms with van der Waals surface area (Å²) < 4.78 is 5.35.